The predicted molar refractivity (Wildman–Crippen MR) is 37.0 cm³/mol. The summed E-state index contributed by atoms with van der Waals surface area (Å²) in [5.41, 5.74) is 0. The number of hydrogen-bond acceptors (Lipinski definition) is 2. The Labute approximate surface area is 50.3 Å². The van der Waals surface area contributed by atoms with Gasteiger partial charge in [-0.05, 0) is 6.42 Å². The first-order valence-corrected chi connectivity index (χ1v) is 2.75. The summed E-state index contributed by atoms with van der Waals surface area (Å²) in [6.45, 7) is 2.05. The molecule has 0 aromatic rings. The summed E-state index contributed by atoms with van der Waals surface area (Å²) in [5.74, 6) is 0. The predicted octanol–water partition coefficient (Wildman–Crippen LogP) is 1.16. The van der Waals surface area contributed by atoms with E-state index in [4.69, 9.17) is 0 Å². The minimum atomic E-state index is 0.994. The number of nitrogens with one attached hydrogen (secondary N) is 1. The van der Waals surface area contributed by atoms with E-state index in [9.17, 15) is 0 Å². The molecule has 2 heteroatoms. The second-order valence-corrected chi connectivity index (χ2v) is 1.34. The first-order chi connectivity index (χ1) is 3.91. The minimum absolute atomic E-state index is 0.994. The quantitative estimate of drug-likeness (QED) is 0.544. The normalized spacial score (nSPS) is 11.2. The van der Waals surface area contributed by atoms with Gasteiger partial charge in [0, 0.05) is 25.7 Å². The zero-order valence-electron chi connectivity index (χ0n) is 5.39. The van der Waals surface area contributed by atoms with E-state index in [0.29, 0.717) is 0 Å². The van der Waals surface area contributed by atoms with Gasteiger partial charge in [-0.25, -0.2) is 0 Å². The molecule has 0 saturated carbocycles. The highest BCUT2D eigenvalue weighted by atomic mass is 14.8. The second-order valence-electron chi connectivity index (χ2n) is 1.34. The Morgan fingerprint density at radius 2 is 2.38 bits per heavy atom. The Morgan fingerprint density at radius 3 is 2.88 bits per heavy atom. The summed E-state index contributed by atoms with van der Waals surface area (Å²) >= 11 is 0. The van der Waals surface area contributed by atoms with Crippen molar-refractivity contribution >= 4 is 6.21 Å². The summed E-state index contributed by atoms with van der Waals surface area (Å²) in [7, 11) is 1.85. The zero-order chi connectivity index (χ0) is 6.24. The van der Waals surface area contributed by atoms with Gasteiger partial charge in [-0.15, -0.1) is 0 Å². The largest absolute Gasteiger partial charge is 0.393 e. The lowest BCUT2D eigenvalue weighted by atomic mass is 10.5. The monoisotopic (exact) mass is 112 g/mol. The highest BCUT2D eigenvalue weighted by Gasteiger charge is 1.60. The van der Waals surface area contributed by atoms with Crippen LogP contribution in [-0.4, -0.2) is 13.3 Å². The molecule has 0 aliphatic carbocycles. The van der Waals surface area contributed by atoms with Gasteiger partial charge in [0.25, 0.3) is 0 Å². The topological polar surface area (TPSA) is 24.4 Å². The van der Waals surface area contributed by atoms with Crippen molar-refractivity contribution in [2.45, 2.75) is 13.3 Å². The van der Waals surface area contributed by atoms with Gasteiger partial charge in [0.2, 0.25) is 0 Å². The maximum atomic E-state index is 3.91. The van der Waals surface area contributed by atoms with Gasteiger partial charge in [-0.1, -0.05) is 6.92 Å². The van der Waals surface area contributed by atoms with Crippen molar-refractivity contribution in [2.24, 2.45) is 4.99 Å². The van der Waals surface area contributed by atoms with Gasteiger partial charge in [0.05, 0.1) is 0 Å². The Kier molecular flexibility index (Phi) is 5.60. The fourth-order valence-corrected chi connectivity index (χ4v) is 0.284. The molecular weight excluding hydrogens is 100 g/mol. The summed E-state index contributed by atoms with van der Waals surface area (Å²) in [5, 5.41) is 2.83. The smallest absolute Gasteiger partial charge is 0.0420 e. The van der Waals surface area contributed by atoms with Crippen LogP contribution in [0, 0.1) is 0 Å². The summed E-state index contributed by atoms with van der Waals surface area (Å²) in [6, 6.07) is 0. The van der Waals surface area contributed by atoms with Crippen LogP contribution < -0.4 is 5.32 Å². The van der Waals surface area contributed by atoms with Crippen molar-refractivity contribution in [3.8, 4) is 0 Å². The van der Waals surface area contributed by atoms with E-state index in [-0.39, 0.29) is 0 Å². The van der Waals surface area contributed by atoms with E-state index in [2.05, 4.69) is 17.2 Å². The van der Waals surface area contributed by atoms with Crippen molar-refractivity contribution in [3.05, 3.63) is 12.4 Å². The standard InChI is InChI=1S/C6H12N2/c1-3-4-8-6-5-7-2/h4-7H,3H2,1-2H3/b6-5-,8-4?. The molecule has 0 rings (SSSR count). The lowest BCUT2D eigenvalue weighted by Crippen LogP contribution is -1.89. The number of rotatable bonds is 3. The molecular formula is C6H12N2. The van der Waals surface area contributed by atoms with Crippen LogP contribution in [0.2, 0.25) is 0 Å². The maximum absolute atomic E-state index is 3.91. The van der Waals surface area contributed by atoms with Crippen LogP contribution in [0.1, 0.15) is 13.3 Å². The Balaban J connectivity index is 3.13. The maximum Gasteiger partial charge on any atom is 0.0420 e. The van der Waals surface area contributed by atoms with Crippen LogP contribution in [0.3, 0.4) is 0 Å². The molecule has 0 aliphatic heterocycles. The second kappa shape index (κ2) is 6.21. The fraction of sp³-hybridized carbons (Fsp3) is 0.500. The molecule has 0 aromatic carbocycles. The van der Waals surface area contributed by atoms with E-state index in [1.54, 1.807) is 12.4 Å². The number of nitrogens with zero attached hydrogens (tertiary/aromatic N) is 1. The lowest BCUT2D eigenvalue weighted by molar-refractivity contribution is 1.09. The molecule has 0 bridgehead atoms. The first-order valence-electron chi connectivity index (χ1n) is 2.75. The zero-order valence-corrected chi connectivity index (χ0v) is 5.39. The molecule has 1 N–H and O–H groups in total. The molecule has 0 fully saturated rings. The first kappa shape index (κ1) is 7.21. The van der Waals surface area contributed by atoms with Crippen LogP contribution >= 0.6 is 0 Å². The van der Waals surface area contributed by atoms with Crippen LogP contribution in [0.15, 0.2) is 17.4 Å². The fourth-order valence-electron chi connectivity index (χ4n) is 0.284. The van der Waals surface area contributed by atoms with Crippen molar-refractivity contribution < 1.29 is 0 Å². The molecule has 0 aliphatic rings. The van der Waals surface area contributed by atoms with Crippen LogP contribution in [-0.2, 0) is 0 Å². The van der Waals surface area contributed by atoms with Gasteiger partial charge in [-0.2, -0.15) is 0 Å². The van der Waals surface area contributed by atoms with Crippen molar-refractivity contribution in [2.75, 3.05) is 7.05 Å². The Hall–Kier alpha value is -0.790. The third-order valence-electron chi connectivity index (χ3n) is 0.615. The molecule has 8 heavy (non-hydrogen) atoms. The van der Waals surface area contributed by atoms with Gasteiger partial charge >= 0.3 is 0 Å². The van der Waals surface area contributed by atoms with Crippen molar-refractivity contribution in [3.63, 3.8) is 0 Å². The molecule has 46 valence electrons. The van der Waals surface area contributed by atoms with Gasteiger partial charge < -0.3 is 5.32 Å². The SMILES string of the molecule is CCC=N/C=C\NC. The van der Waals surface area contributed by atoms with Gasteiger partial charge in [0.15, 0.2) is 0 Å². The van der Waals surface area contributed by atoms with E-state index in [0.717, 1.165) is 6.42 Å². The third kappa shape index (κ3) is 5.21. The third-order valence-corrected chi connectivity index (χ3v) is 0.615. The van der Waals surface area contributed by atoms with Crippen LogP contribution in [0.5, 0.6) is 0 Å². The van der Waals surface area contributed by atoms with E-state index in [1.807, 2.05) is 13.3 Å². The Bertz CT molecular complexity index is 72.5. The van der Waals surface area contributed by atoms with E-state index in [1.165, 1.54) is 0 Å². The van der Waals surface area contributed by atoms with Gasteiger partial charge in [0.1, 0.15) is 0 Å². The van der Waals surface area contributed by atoms with E-state index >= 15 is 0 Å². The molecule has 0 atom stereocenters. The van der Waals surface area contributed by atoms with Crippen LogP contribution in [0.25, 0.3) is 0 Å². The molecule has 0 heterocycles. The molecule has 0 aromatic heterocycles. The molecule has 0 radical (unpaired) electrons. The van der Waals surface area contributed by atoms with Gasteiger partial charge in [-0.3, -0.25) is 4.99 Å². The molecule has 0 amide bonds. The lowest BCUT2D eigenvalue weighted by Gasteiger charge is -1.79. The molecule has 2 nitrogen and oxygen atoms in total. The summed E-state index contributed by atoms with van der Waals surface area (Å²) in [6.07, 6.45) is 6.36. The van der Waals surface area contributed by atoms with Crippen LogP contribution in [0.4, 0.5) is 0 Å². The van der Waals surface area contributed by atoms with E-state index < -0.39 is 0 Å². The average Bonchev–Trinajstić information content (AvgIpc) is 1.81. The molecule has 0 unspecified atom stereocenters. The highest BCUT2D eigenvalue weighted by molar-refractivity contribution is 5.57. The summed E-state index contributed by atoms with van der Waals surface area (Å²) < 4.78 is 0. The Morgan fingerprint density at radius 1 is 1.62 bits per heavy atom. The molecule has 0 saturated heterocycles. The highest BCUT2D eigenvalue weighted by Crippen LogP contribution is 1.70. The number of aliphatic imine (C=N–C) groups is 1. The summed E-state index contributed by atoms with van der Waals surface area (Å²) in [4.78, 5) is 3.91. The average molecular weight is 112 g/mol. The number of hydrogen-bond donors (Lipinski definition) is 1. The van der Waals surface area contributed by atoms with Crippen molar-refractivity contribution in [1.29, 1.82) is 0 Å². The molecule has 0 spiro atoms. The minimum Gasteiger partial charge on any atom is -0.393 e. The van der Waals surface area contributed by atoms with Crippen molar-refractivity contribution in [1.82, 2.24) is 5.32 Å².